The lowest BCUT2D eigenvalue weighted by atomic mass is 9.97. The first kappa shape index (κ1) is 16.8. The molecule has 1 atom stereocenters. The molecule has 5 nitrogen and oxygen atoms in total. The number of nitrogens with one attached hydrogen (secondary N) is 1. The number of hydrogen-bond acceptors (Lipinski definition) is 4. The molecule has 1 aliphatic heterocycles. The third kappa shape index (κ3) is 3.55. The molecular formula is C18H21NO4S. The molecule has 0 bridgehead atoms. The molecular weight excluding hydrogens is 326 g/mol. The van der Waals surface area contributed by atoms with Gasteiger partial charge in [-0.05, 0) is 36.1 Å². The largest absolute Gasteiger partial charge is 0.486 e. The summed E-state index contributed by atoms with van der Waals surface area (Å²) < 4.78 is 38.6. The summed E-state index contributed by atoms with van der Waals surface area (Å²) in [6.45, 7) is 5.27. The highest BCUT2D eigenvalue weighted by molar-refractivity contribution is 7.89. The predicted molar refractivity (Wildman–Crippen MR) is 92.2 cm³/mol. The van der Waals surface area contributed by atoms with Crippen molar-refractivity contribution in [3.05, 3.63) is 53.6 Å². The normalized spacial score (nSPS) is 15.1. The van der Waals surface area contributed by atoms with E-state index in [1.54, 1.807) is 6.07 Å². The molecule has 0 spiro atoms. The van der Waals surface area contributed by atoms with E-state index in [0.717, 1.165) is 11.1 Å². The van der Waals surface area contributed by atoms with E-state index in [2.05, 4.69) is 4.72 Å². The number of fused-ring (bicyclic) bond motifs is 1. The van der Waals surface area contributed by atoms with Crippen molar-refractivity contribution in [3.63, 3.8) is 0 Å². The summed E-state index contributed by atoms with van der Waals surface area (Å²) in [7, 11) is -3.60. The molecule has 2 aromatic rings. The minimum absolute atomic E-state index is 0.0817. The van der Waals surface area contributed by atoms with Crippen LogP contribution < -0.4 is 14.2 Å². The molecule has 0 aliphatic carbocycles. The minimum Gasteiger partial charge on any atom is -0.486 e. The van der Waals surface area contributed by atoms with Gasteiger partial charge < -0.3 is 9.47 Å². The summed E-state index contributed by atoms with van der Waals surface area (Å²) in [4.78, 5) is 0.184. The lowest BCUT2D eigenvalue weighted by molar-refractivity contribution is 0.171. The number of rotatable bonds is 5. The van der Waals surface area contributed by atoms with E-state index < -0.39 is 10.0 Å². The quantitative estimate of drug-likeness (QED) is 0.903. The van der Waals surface area contributed by atoms with Crippen LogP contribution in [-0.4, -0.2) is 28.2 Å². The Labute approximate surface area is 142 Å². The summed E-state index contributed by atoms with van der Waals surface area (Å²) in [5, 5.41) is 0. The molecule has 0 saturated carbocycles. The van der Waals surface area contributed by atoms with Gasteiger partial charge in [-0.25, -0.2) is 13.1 Å². The Morgan fingerprint density at radius 1 is 1.08 bits per heavy atom. The van der Waals surface area contributed by atoms with Crippen LogP contribution in [0.25, 0.3) is 0 Å². The number of aryl methyl sites for hydroxylation is 1. The molecule has 24 heavy (non-hydrogen) atoms. The Hall–Kier alpha value is -2.05. The maximum Gasteiger partial charge on any atom is 0.240 e. The number of hydrogen-bond donors (Lipinski definition) is 1. The van der Waals surface area contributed by atoms with Crippen molar-refractivity contribution in [2.75, 3.05) is 19.8 Å². The van der Waals surface area contributed by atoms with E-state index >= 15 is 0 Å². The van der Waals surface area contributed by atoms with Crippen LogP contribution in [0.1, 0.15) is 24.0 Å². The molecule has 1 aliphatic rings. The van der Waals surface area contributed by atoms with Gasteiger partial charge >= 0.3 is 0 Å². The van der Waals surface area contributed by atoms with Gasteiger partial charge in [0.15, 0.2) is 11.5 Å². The molecule has 0 radical (unpaired) electrons. The molecule has 1 N–H and O–H groups in total. The van der Waals surface area contributed by atoms with Gasteiger partial charge in [-0.2, -0.15) is 0 Å². The first-order valence-electron chi connectivity index (χ1n) is 7.92. The lowest BCUT2D eigenvalue weighted by Crippen LogP contribution is -2.28. The minimum atomic E-state index is -3.60. The molecule has 0 saturated heterocycles. The van der Waals surface area contributed by atoms with Crippen LogP contribution in [0.4, 0.5) is 0 Å². The molecule has 128 valence electrons. The summed E-state index contributed by atoms with van der Waals surface area (Å²) in [6, 6.07) is 12.7. The van der Waals surface area contributed by atoms with Crippen molar-refractivity contribution in [3.8, 4) is 11.5 Å². The summed E-state index contributed by atoms with van der Waals surface area (Å²) in [5.74, 6) is 1.13. The van der Waals surface area contributed by atoms with Crippen molar-refractivity contribution < 1.29 is 17.9 Å². The monoisotopic (exact) mass is 347 g/mol. The second-order valence-electron chi connectivity index (χ2n) is 5.91. The van der Waals surface area contributed by atoms with E-state index in [9.17, 15) is 8.42 Å². The third-order valence-electron chi connectivity index (χ3n) is 4.12. The fourth-order valence-electron chi connectivity index (χ4n) is 2.76. The number of ether oxygens (including phenoxy) is 2. The second kappa shape index (κ2) is 6.83. The summed E-state index contributed by atoms with van der Waals surface area (Å²) >= 11 is 0. The van der Waals surface area contributed by atoms with Gasteiger partial charge in [-0.15, -0.1) is 0 Å². The Balaban J connectivity index is 1.73. The van der Waals surface area contributed by atoms with Gasteiger partial charge in [0.1, 0.15) is 13.2 Å². The molecule has 3 rings (SSSR count). The molecule has 2 aromatic carbocycles. The van der Waals surface area contributed by atoms with Crippen LogP contribution >= 0.6 is 0 Å². The third-order valence-corrected chi connectivity index (χ3v) is 5.54. The Morgan fingerprint density at radius 3 is 2.54 bits per heavy atom. The standard InChI is InChI=1S/C18H21NO4S/c1-13-5-3-4-6-16(13)14(2)12-19-24(20,21)15-7-8-17-18(11-15)23-10-9-22-17/h3-8,11,14,19H,9-10,12H2,1-2H3. The molecule has 1 heterocycles. The van der Waals surface area contributed by atoms with Gasteiger partial charge in [0.05, 0.1) is 4.90 Å². The average Bonchev–Trinajstić information content (AvgIpc) is 2.60. The Bertz CT molecular complexity index is 833. The highest BCUT2D eigenvalue weighted by Gasteiger charge is 2.20. The topological polar surface area (TPSA) is 64.6 Å². The van der Waals surface area contributed by atoms with Crippen LogP contribution in [0.5, 0.6) is 11.5 Å². The zero-order valence-electron chi connectivity index (χ0n) is 13.8. The Morgan fingerprint density at radius 2 is 1.79 bits per heavy atom. The van der Waals surface area contributed by atoms with E-state index in [-0.39, 0.29) is 10.8 Å². The first-order chi connectivity index (χ1) is 11.5. The average molecular weight is 347 g/mol. The second-order valence-corrected chi connectivity index (χ2v) is 7.68. The number of benzene rings is 2. The van der Waals surface area contributed by atoms with Gasteiger partial charge in [-0.3, -0.25) is 0 Å². The zero-order valence-corrected chi connectivity index (χ0v) is 14.6. The Kier molecular flexibility index (Phi) is 4.78. The fraction of sp³-hybridized carbons (Fsp3) is 0.333. The van der Waals surface area contributed by atoms with E-state index in [1.165, 1.54) is 12.1 Å². The maximum atomic E-state index is 12.5. The highest BCUT2D eigenvalue weighted by Crippen LogP contribution is 2.32. The van der Waals surface area contributed by atoms with Crippen molar-refractivity contribution >= 4 is 10.0 Å². The molecule has 6 heteroatoms. The lowest BCUT2D eigenvalue weighted by Gasteiger charge is -2.19. The maximum absolute atomic E-state index is 12.5. The molecule has 0 fully saturated rings. The predicted octanol–water partition coefficient (Wildman–Crippen LogP) is 2.85. The van der Waals surface area contributed by atoms with E-state index in [1.807, 2.05) is 38.1 Å². The van der Waals surface area contributed by atoms with Crippen LogP contribution in [0.15, 0.2) is 47.4 Å². The molecule has 0 amide bonds. The van der Waals surface area contributed by atoms with Crippen molar-refractivity contribution in [2.24, 2.45) is 0 Å². The van der Waals surface area contributed by atoms with Crippen molar-refractivity contribution in [1.82, 2.24) is 4.72 Å². The van der Waals surface area contributed by atoms with Crippen LogP contribution in [-0.2, 0) is 10.0 Å². The van der Waals surface area contributed by atoms with Gasteiger partial charge in [0.25, 0.3) is 0 Å². The molecule has 0 aromatic heterocycles. The fourth-order valence-corrected chi connectivity index (χ4v) is 3.90. The van der Waals surface area contributed by atoms with Crippen LogP contribution in [0, 0.1) is 6.92 Å². The van der Waals surface area contributed by atoms with Crippen molar-refractivity contribution in [1.29, 1.82) is 0 Å². The molecule has 1 unspecified atom stereocenters. The highest BCUT2D eigenvalue weighted by atomic mass is 32.2. The first-order valence-corrected chi connectivity index (χ1v) is 9.40. The smallest absolute Gasteiger partial charge is 0.240 e. The summed E-state index contributed by atoms with van der Waals surface area (Å²) in [6.07, 6.45) is 0. The van der Waals surface area contributed by atoms with Crippen LogP contribution in [0.2, 0.25) is 0 Å². The van der Waals surface area contributed by atoms with Gasteiger partial charge in [0, 0.05) is 12.6 Å². The van der Waals surface area contributed by atoms with Crippen molar-refractivity contribution in [2.45, 2.75) is 24.7 Å². The van der Waals surface area contributed by atoms with Gasteiger partial charge in [-0.1, -0.05) is 31.2 Å². The SMILES string of the molecule is Cc1ccccc1C(C)CNS(=O)(=O)c1ccc2c(c1)OCCO2. The zero-order chi connectivity index (χ0) is 17.2. The van der Waals surface area contributed by atoms with E-state index in [0.29, 0.717) is 31.3 Å². The van der Waals surface area contributed by atoms with Gasteiger partial charge in [0.2, 0.25) is 10.0 Å². The van der Waals surface area contributed by atoms with E-state index in [4.69, 9.17) is 9.47 Å². The van der Waals surface area contributed by atoms with Crippen LogP contribution in [0.3, 0.4) is 0 Å². The number of sulfonamides is 1. The summed E-state index contributed by atoms with van der Waals surface area (Å²) in [5.41, 5.74) is 2.30.